The van der Waals surface area contributed by atoms with Gasteiger partial charge in [-0.05, 0) is 13.0 Å². The van der Waals surface area contributed by atoms with Crippen molar-refractivity contribution in [3.05, 3.63) is 29.8 Å². The largest absolute Gasteiger partial charge is 0.494 e. The number of nitrogens with one attached hydrogen (secondary N) is 1. The highest BCUT2D eigenvalue weighted by Crippen LogP contribution is 2.17. The number of nitrogens with zero attached hydrogens (tertiary/aromatic N) is 1. The van der Waals surface area contributed by atoms with Gasteiger partial charge < -0.3 is 10.1 Å². The van der Waals surface area contributed by atoms with Crippen molar-refractivity contribution < 1.29 is 4.74 Å². The predicted octanol–water partition coefficient (Wildman–Crippen LogP) is 2.09. The molecule has 0 spiro atoms. The molecule has 0 aliphatic rings. The molecule has 0 heterocycles. The van der Waals surface area contributed by atoms with Gasteiger partial charge in [0.05, 0.1) is 12.7 Å². The molecule has 1 N–H and O–H groups in total. The summed E-state index contributed by atoms with van der Waals surface area (Å²) in [4.78, 5) is 0. The van der Waals surface area contributed by atoms with Crippen molar-refractivity contribution in [3.8, 4) is 11.8 Å². The molecule has 0 amide bonds. The Balaban J connectivity index is 2.48. The zero-order valence-corrected chi connectivity index (χ0v) is 8.99. The molecule has 0 unspecified atom stereocenters. The number of ether oxygens (including phenoxy) is 1. The highest BCUT2D eigenvalue weighted by molar-refractivity contribution is 5.33. The van der Waals surface area contributed by atoms with Gasteiger partial charge in [-0.1, -0.05) is 18.2 Å². The van der Waals surface area contributed by atoms with Gasteiger partial charge >= 0.3 is 0 Å². The second-order valence-electron chi connectivity index (χ2n) is 3.13. The summed E-state index contributed by atoms with van der Waals surface area (Å²) in [6.07, 6.45) is 0.538. The SMILES string of the molecule is CCOc1ccccc1CNCCC#N. The summed E-state index contributed by atoms with van der Waals surface area (Å²) in [5.74, 6) is 0.921. The first-order chi connectivity index (χ1) is 7.38. The Morgan fingerprint density at radius 2 is 2.20 bits per heavy atom. The van der Waals surface area contributed by atoms with E-state index in [-0.39, 0.29) is 0 Å². The molecule has 0 radical (unpaired) electrons. The molecule has 0 saturated heterocycles. The van der Waals surface area contributed by atoms with Crippen molar-refractivity contribution in [3.63, 3.8) is 0 Å². The summed E-state index contributed by atoms with van der Waals surface area (Å²) < 4.78 is 5.49. The van der Waals surface area contributed by atoms with Gasteiger partial charge in [0.15, 0.2) is 0 Å². The van der Waals surface area contributed by atoms with Crippen LogP contribution in [0.3, 0.4) is 0 Å². The van der Waals surface area contributed by atoms with Crippen molar-refractivity contribution in [1.29, 1.82) is 5.26 Å². The van der Waals surface area contributed by atoms with Crippen LogP contribution in [-0.4, -0.2) is 13.2 Å². The summed E-state index contributed by atoms with van der Waals surface area (Å²) in [6, 6.07) is 10.0. The lowest BCUT2D eigenvalue weighted by Gasteiger charge is -2.09. The minimum absolute atomic E-state index is 0.538. The van der Waals surface area contributed by atoms with E-state index in [1.165, 1.54) is 0 Å². The quantitative estimate of drug-likeness (QED) is 0.722. The molecule has 0 aromatic heterocycles. The maximum Gasteiger partial charge on any atom is 0.123 e. The first-order valence-corrected chi connectivity index (χ1v) is 5.17. The fourth-order valence-corrected chi connectivity index (χ4v) is 1.31. The Kier molecular flexibility index (Phi) is 5.28. The molecule has 0 aliphatic carbocycles. The average Bonchev–Trinajstić information content (AvgIpc) is 2.27. The average molecular weight is 204 g/mol. The lowest BCUT2D eigenvalue weighted by atomic mass is 10.2. The van der Waals surface area contributed by atoms with E-state index in [4.69, 9.17) is 10.00 Å². The third kappa shape index (κ3) is 4.01. The van der Waals surface area contributed by atoms with Crippen molar-refractivity contribution in [2.75, 3.05) is 13.2 Å². The van der Waals surface area contributed by atoms with Gasteiger partial charge in [-0.2, -0.15) is 5.26 Å². The van der Waals surface area contributed by atoms with E-state index in [9.17, 15) is 0 Å². The number of hydrogen-bond donors (Lipinski definition) is 1. The van der Waals surface area contributed by atoms with Crippen LogP contribution >= 0.6 is 0 Å². The fourth-order valence-electron chi connectivity index (χ4n) is 1.31. The monoisotopic (exact) mass is 204 g/mol. The van der Waals surface area contributed by atoms with Crippen molar-refractivity contribution in [2.24, 2.45) is 0 Å². The Labute approximate surface area is 90.7 Å². The van der Waals surface area contributed by atoms with E-state index < -0.39 is 0 Å². The van der Waals surface area contributed by atoms with E-state index in [0.29, 0.717) is 13.0 Å². The van der Waals surface area contributed by atoms with Crippen LogP contribution in [0.1, 0.15) is 18.9 Å². The summed E-state index contributed by atoms with van der Waals surface area (Å²) in [6.45, 7) is 4.11. The number of hydrogen-bond acceptors (Lipinski definition) is 3. The highest BCUT2D eigenvalue weighted by Gasteiger charge is 2.00. The number of para-hydroxylation sites is 1. The Bertz CT molecular complexity index is 331. The maximum absolute atomic E-state index is 8.39. The standard InChI is InChI=1S/C12H16N2O/c1-2-15-12-7-4-3-6-11(12)10-14-9-5-8-13/h3-4,6-7,14H,2,5,9-10H2,1H3. The summed E-state index contributed by atoms with van der Waals surface area (Å²) in [5, 5.41) is 11.6. The van der Waals surface area contributed by atoms with E-state index >= 15 is 0 Å². The first kappa shape index (κ1) is 11.5. The number of nitriles is 1. The van der Waals surface area contributed by atoms with Gasteiger partial charge in [-0.3, -0.25) is 0 Å². The second-order valence-corrected chi connectivity index (χ2v) is 3.13. The van der Waals surface area contributed by atoms with Gasteiger partial charge in [0, 0.05) is 25.1 Å². The molecule has 0 aliphatic heterocycles. The van der Waals surface area contributed by atoms with Crippen LogP contribution in [0.5, 0.6) is 5.75 Å². The van der Waals surface area contributed by atoms with E-state index in [2.05, 4.69) is 11.4 Å². The van der Waals surface area contributed by atoms with Crippen LogP contribution in [0.2, 0.25) is 0 Å². The molecule has 80 valence electrons. The van der Waals surface area contributed by atoms with Gasteiger partial charge in [0.1, 0.15) is 5.75 Å². The predicted molar refractivity (Wildman–Crippen MR) is 59.5 cm³/mol. The summed E-state index contributed by atoms with van der Waals surface area (Å²) >= 11 is 0. The van der Waals surface area contributed by atoms with Crippen LogP contribution in [0, 0.1) is 11.3 Å². The molecular weight excluding hydrogens is 188 g/mol. The van der Waals surface area contributed by atoms with Gasteiger partial charge in [-0.25, -0.2) is 0 Å². The first-order valence-electron chi connectivity index (χ1n) is 5.17. The molecule has 0 fully saturated rings. The molecule has 3 nitrogen and oxygen atoms in total. The molecule has 0 atom stereocenters. The smallest absolute Gasteiger partial charge is 0.123 e. The van der Waals surface area contributed by atoms with Crippen LogP contribution in [0.25, 0.3) is 0 Å². The van der Waals surface area contributed by atoms with Crippen LogP contribution in [-0.2, 0) is 6.54 Å². The zero-order chi connectivity index (χ0) is 10.9. The van der Waals surface area contributed by atoms with E-state index in [0.717, 1.165) is 24.4 Å². The van der Waals surface area contributed by atoms with Crippen molar-refractivity contribution >= 4 is 0 Å². The lowest BCUT2D eigenvalue weighted by Crippen LogP contribution is -2.14. The lowest BCUT2D eigenvalue weighted by molar-refractivity contribution is 0.335. The van der Waals surface area contributed by atoms with Gasteiger partial charge in [0.2, 0.25) is 0 Å². The third-order valence-corrected chi connectivity index (χ3v) is 2.00. The summed E-state index contributed by atoms with van der Waals surface area (Å²) in [7, 11) is 0. The Hall–Kier alpha value is -1.53. The van der Waals surface area contributed by atoms with Crippen molar-refractivity contribution in [2.45, 2.75) is 19.9 Å². The molecule has 15 heavy (non-hydrogen) atoms. The molecule has 1 aromatic rings. The Morgan fingerprint density at radius 3 is 2.93 bits per heavy atom. The number of rotatable bonds is 6. The topological polar surface area (TPSA) is 45.0 Å². The highest BCUT2D eigenvalue weighted by atomic mass is 16.5. The molecule has 1 aromatic carbocycles. The van der Waals surface area contributed by atoms with E-state index in [1.54, 1.807) is 0 Å². The third-order valence-electron chi connectivity index (χ3n) is 2.00. The molecule has 1 rings (SSSR count). The summed E-state index contributed by atoms with van der Waals surface area (Å²) in [5.41, 5.74) is 1.14. The van der Waals surface area contributed by atoms with Gasteiger partial charge in [0.25, 0.3) is 0 Å². The maximum atomic E-state index is 8.39. The minimum atomic E-state index is 0.538. The Morgan fingerprint density at radius 1 is 1.40 bits per heavy atom. The van der Waals surface area contributed by atoms with Crippen LogP contribution < -0.4 is 10.1 Å². The normalized spacial score (nSPS) is 9.60. The molecule has 0 bridgehead atoms. The van der Waals surface area contributed by atoms with E-state index in [1.807, 2.05) is 31.2 Å². The fraction of sp³-hybridized carbons (Fsp3) is 0.417. The zero-order valence-electron chi connectivity index (χ0n) is 8.99. The van der Waals surface area contributed by atoms with Crippen molar-refractivity contribution in [1.82, 2.24) is 5.32 Å². The van der Waals surface area contributed by atoms with Crippen LogP contribution in [0.15, 0.2) is 24.3 Å². The van der Waals surface area contributed by atoms with Crippen LogP contribution in [0.4, 0.5) is 0 Å². The minimum Gasteiger partial charge on any atom is -0.494 e. The van der Waals surface area contributed by atoms with Gasteiger partial charge in [-0.15, -0.1) is 0 Å². The number of benzene rings is 1. The molecule has 3 heteroatoms. The second kappa shape index (κ2) is 6.86. The molecular formula is C12H16N2O. The molecule has 0 saturated carbocycles.